The van der Waals surface area contributed by atoms with Crippen molar-refractivity contribution in [2.75, 3.05) is 0 Å². The molecule has 0 bridgehead atoms. The summed E-state index contributed by atoms with van der Waals surface area (Å²) in [6, 6.07) is 0. The molecule has 0 aromatic rings. The van der Waals surface area contributed by atoms with E-state index in [0.717, 1.165) is 23.7 Å². The molecule has 2 fully saturated rings. The first-order valence-electron chi connectivity index (χ1n) is 6.93. The van der Waals surface area contributed by atoms with Crippen LogP contribution < -0.4 is 0 Å². The maximum Gasteiger partial charge on any atom is 0.0875 e. The maximum absolute atomic E-state index is 5.95. The van der Waals surface area contributed by atoms with Crippen molar-refractivity contribution in [3.05, 3.63) is 0 Å². The Kier molecular flexibility index (Phi) is 3.39. The van der Waals surface area contributed by atoms with Gasteiger partial charge < -0.3 is 4.74 Å². The van der Waals surface area contributed by atoms with E-state index in [1.807, 2.05) is 0 Å². The second-order valence-electron chi connectivity index (χ2n) is 5.35. The van der Waals surface area contributed by atoms with Crippen LogP contribution in [0.1, 0.15) is 53.4 Å². The first-order valence-corrected chi connectivity index (χ1v) is 6.93. The molecule has 6 unspecified atom stereocenters. The van der Waals surface area contributed by atoms with Crippen molar-refractivity contribution >= 4 is 0 Å². The van der Waals surface area contributed by atoms with E-state index in [1.54, 1.807) is 0 Å². The summed E-state index contributed by atoms with van der Waals surface area (Å²) < 4.78 is 5.95. The Hall–Kier alpha value is -0.0400. The molecule has 1 heteroatoms. The Bertz CT molecular complexity index is 191. The lowest BCUT2D eigenvalue weighted by atomic mass is 9.63. The Balaban J connectivity index is 2.15. The van der Waals surface area contributed by atoms with Gasteiger partial charge in [-0.25, -0.2) is 0 Å². The van der Waals surface area contributed by atoms with Crippen LogP contribution in [-0.4, -0.2) is 12.2 Å². The molecule has 1 saturated heterocycles. The second kappa shape index (κ2) is 4.45. The second-order valence-corrected chi connectivity index (χ2v) is 5.35. The van der Waals surface area contributed by atoms with Gasteiger partial charge in [0.1, 0.15) is 0 Å². The van der Waals surface area contributed by atoms with E-state index in [-0.39, 0.29) is 0 Å². The summed E-state index contributed by atoms with van der Waals surface area (Å²) in [5, 5.41) is 0. The molecular weight excluding hydrogens is 184 g/mol. The Labute approximate surface area is 94.6 Å². The van der Waals surface area contributed by atoms with E-state index >= 15 is 0 Å². The Morgan fingerprint density at radius 3 is 1.20 bits per heavy atom. The van der Waals surface area contributed by atoms with E-state index in [0.29, 0.717) is 12.2 Å². The highest BCUT2D eigenvalue weighted by molar-refractivity contribution is 5.04. The topological polar surface area (TPSA) is 12.5 Å². The van der Waals surface area contributed by atoms with Gasteiger partial charge in [-0.3, -0.25) is 0 Å². The van der Waals surface area contributed by atoms with Crippen molar-refractivity contribution in [2.24, 2.45) is 23.7 Å². The van der Waals surface area contributed by atoms with Crippen molar-refractivity contribution in [1.82, 2.24) is 0 Å². The van der Waals surface area contributed by atoms with Gasteiger partial charge in [-0.1, -0.05) is 53.4 Å². The average Bonchev–Trinajstić information content (AvgIpc) is 3.04. The fraction of sp³-hybridized carbons (Fsp3) is 1.00. The third kappa shape index (κ3) is 1.73. The number of rotatable bonds is 4. The molecular formula is C14H26O. The minimum absolute atomic E-state index is 0.632. The minimum atomic E-state index is 0.632. The summed E-state index contributed by atoms with van der Waals surface area (Å²) in [6.07, 6.45) is 6.58. The van der Waals surface area contributed by atoms with E-state index < -0.39 is 0 Å². The third-order valence-corrected chi connectivity index (χ3v) is 4.94. The average molecular weight is 210 g/mol. The molecule has 0 aromatic heterocycles. The number of hydrogen-bond acceptors (Lipinski definition) is 1. The molecule has 0 amide bonds. The highest BCUT2D eigenvalue weighted by atomic mass is 16.6. The predicted octanol–water partition coefficient (Wildman–Crippen LogP) is 3.87. The molecule has 1 saturated carbocycles. The number of hydrogen-bond donors (Lipinski definition) is 0. The van der Waals surface area contributed by atoms with Crippen molar-refractivity contribution in [1.29, 1.82) is 0 Å². The molecule has 0 radical (unpaired) electrons. The first kappa shape index (κ1) is 11.4. The summed E-state index contributed by atoms with van der Waals surface area (Å²) >= 11 is 0. The normalized spacial score (nSPS) is 48.8. The monoisotopic (exact) mass is 210 g/mol. The highest BCUT2D eigenvalue weighted by Gasteiger charge is 2.57. The molecule has 88 valence electrons. The van der Waals surface area contributed by atoms with Crippen LogP contribution in [0.15, 0.2) is 0 Å². The zero-order valence-corrected chi connectivity index (χ0v) is 10.7. The van der Waals surface area contributed by atoms with E-state index in [9.17, 15) is 0 Å². The zero-order valence-electron chi connectivity index (χ0n) is 10.7. The van der Waals surface area contributed by atoms with Gasteiger partial charge in [0.2, 0.25) is 0 Å². The molecule has 2 rings (SSSR count). The number of ether oxygens (including phenoxy) is 1. The SMILES string of the molecule is CCC1C(CC)C(CC)C2OC2C1CC. The van der Waals surface area contributed by atoms with Gasteiger partial charge >= 0.3 is 0 Å². The van der Waals surface area contributed by atoms with Crippen LogP contribution in [-0.2, 0) is 4.74 Å². The standard InChI is InChI=1S/C14H26O/c1-5-9-10(6-2)12(8-4)14-13(15-14)11(9)7-3/h9-14H,5-8H2,1-4H3. The van der Waals surface area contributed by atoms with E-state index in [4.69, 9.17) is 4.74 Å². The molecule has 6 atom stereocenters. The van der Waals surface area contributed by atoms with Crippen LogP contribution in [0.5, 0.6) is 0 Å². The zero-order chi connectivity index (χ0) is 11.0. The molecule has 1 heterocycles. The third-order valence-electron chi connectivity index (χ3n) is 4.94. The molecule has 0 aromatic carbocycles. The summed E-state index contributed by atoms with van der Waals surface area (Å²) in [4.78, 5) is 0. The van der Waals surface area contributed by atoms with Crippen LogP contribution in [0.25, 0.3) is 0 Å². The smallest absolute Gasteiger partial charge is 0.0875 e. The molecule has 0 N–H and O–H groups in total. The summed E-state index contributed by atoms with van der Waals surface area (Å²) in [5.41, 5.74) is 0. The van der Waals surface area contributed by atoms with Gasteiger partial charge in [-0.15, -0.1) is 0 Å². The Morgan fingerprint density at radius 1 is 0.600 bits per heavy atom. The first-order chi connectivity index (χ1) is 7.28. The lowest BCUT2D eigenvalue weighted by Crippen LogP contribution is -2.39. The van der Waals surface area contributed by atoms with E-state index in [2.05, 4.69) is 27.7 Å². The molecule has 0 spiro atoms. The predicted molar refractivity (Wildman–Crippen MR) is 63.8 cm³/mol. The van der Waals surface area contributed by atoms with Gasteiger partial charge in [-0.05, 0) is 23.7 Å². The molecule has 1 aliphatic carbocycles. The minimum Gasteiger partial charge on any atom is -0.369 e. The van der Waals surface area contributed by atoms with Crippen LogP contribution in [0, 0.1) is 23.7 Å². The maximum atomic E-state index is 5.95. The van der Waals surface area contributed by atoms with Gasteiger partial charge in [0.25, 0.3) is 0 Å². The van der Waals surface area contributed by atoms with Crippen LogP contribution in [0.2, 0.25) is 0 Å². The lowest BCUT2D eigenvalue weighted by Gasteiger charge is -2.39. The summed E-state index contributed by atoms with van der Waals surface area (Å²) in [6.45, 7) is 9.41. The van der Waals surface area contributed by atoms with Crippen molar-refractivity contribution in [3.8, 4) is 0 Å². The van der Waals surface area contributed by atoms with Crippen molar-refractivity contribution < 1.29 is 4.74 Å². The summed E-state index contributed by atoms with van der Waals surface area (Å²) in [5.74, 6) is 3.56. The summed E-state index contributed by atoms with van der Waals surface area (Å²) in [7, 11) is 0. The fourth-order valence-corrected chi connectivity index (χ4v) is 4.23. The molecule has 2 aliphatic rings. The highest BCUT2D eigenvalue weighted by Crippen LogP contribution is 2.54. The quantitative estimate of drug-likeness (QED) is 0.642. The van der Waals surface area contributed by atoms with Gasteiger partial charge in [0, 0.05) is 0 Å². The number of fused-ring (bicyclic) bond motifs is 1. The largest absolute Gasteiger partial charge is 0.369 e. The van der Waals surface area contributed by atoms with E-state index in [1.165, 1.54) is 25.7 Å². The fourth-order valence-electron chi connectivity index (χ4n) is 4.23. The lowest BCUT2D eigenvalue weighted by molar-refractivity contribution is 0.105. The number of epoxide rings is 1. The van der Waals surface area contributed by atoms with Gasteiger partial charge in [0.05, 0.1) is 12.2 Å². The molecule has 1 aliphatic heterocycles. The molecule has 15 heavy (non-hydrogen) atoms. The Morgan fingerprint density at radius 2 is 0.933 bits per heavy atom. The van der Waals surface area contributed by atoms with Crippen LogP contribution in [0.4, 0.5) is 0 Å². The van der Waals surface area contributed by atoms with Crippen molar-refractivity contribution in [3.63, 3.8) is 0 Å². The molecule has 1 nitrogen and oxygen atoms in total. The van der Waals surface area contributed by atoms with Crippen LogP contribution in [0.3, 0.4) is 0 Å². The van der Waals surface area contributed by atoms with Gasteiger partial charge in [0.15, 0.2) is 0 Å². The van der Waals surface area contributed by atoms with Gasteiger partial charge in [-0.2, -0.15) is 0 Å². The van der Waals surface area contributed by atoms with Crippen molar-refractivity contribution in [2.45, 2.75) is 65.6 Å². The van der Waals surface area contributed by atoms with Crippen LogP contribution >= 0.6 is 0 Å².